The molecule has 1 aliphatic rings. The average Bonchev–Trinajstić information content (AvgIpc) is 3.36. The van der Waals surface area contributed by atoms with Gasteiger partial charge in [0.1, 0.15) is 11.5 Å². The maximum absolute atomic E-state index is 14.3. The van der Waals surface area contributed by atoms with Gasteiger partial charge in [0, 0.05) is 43.5 Å². The first-order valence-electron chi connectivity index (χ1n) is 12.0. The number of aliphatic hydroxyl groups is 1. The molecule has 1 saturated heterocycles. The summed E-state index contributed by atoms with van der Waals surface area (Å²) in [5.41, 5.74) is -3.23. The maximum Gasteiger partial charge on any atom is 0.417 e. The van der Waals surface area contributed by atoms with Crippen LogP contribution in [0.3, 0.4) is 0 Å². The van der Waals surface area contributed by atoms with Crippen molar-refractivity contribution in [1.29, 1.82) is 0 Å². The Hall–Kier alpha value is -2.73. The van der Waals surface area contributed by atoms with Gasteiger partial charge in [-0.15, -0.1) is 11.3 Å². The van der Waals surface area contributed by atoms with E-state index in [2.05, 4.69) is 15.3 Å². The van der Waals surface area contributed by atoms with Crippen molar-refractivity contribution in [1.82, 2.24) is 19.8 Å². The summed E-state index contributed by atoms with van der Waals surface area (Å²) in [5.74, 6) is -1.09. The summed E-state index contributed by atoms with van der Waals surface area (Å²) in [5, 5.41) is 12.9. The van der Waals surface area contributed by atoms with E-state index >= 15 is 0 Å². The summed E-state index contributed by atoms with van der Waals surface area (Å²) in [4.78, 5) is 37.8. The van der Waals surface area contributed by atoms with Gasteiger partial charge in [-0.05, 0) is 60.5 Å². The largest absolute Gasteiger partial charge is 0.417 e. The van der Waals surface area contributed by atoms with Gasteiger partial charge in [0.25, 0.3) is 11.8 Å². The van der Waals surface area contributed by atoms with Gasteiger partial charge < -0.3 is 20.2 Å². The summed E-state index contributed by atoms with van der Waals surface area (Å²) in [7, 11) is 1.46. The molecule has 0 spiro atoms. The molecular formula is C25H34F3N5O3S. The summed E-state index contributed by atoms with van der Waals surface area (Å²) in [6, 6.07) is 0.812. The van der Waals surface area contributed by atoms with E-state index in [4.69, 9.17) is 0 Å². The van der Waals surface area contributed by atoms with Crippen LogP contribution in [0.5, 0.6) is 0 Å². The number of carbonyl (C=O) groups is 2. The smallest absolute Gasteiger partial charge is 0.389 e. The molecule has 0 aliphatic carbocycles. The van der Waals surface area contributed by atoms with Crippen molar-refractivity contribution in [2.75, 3.05) is 25.5 Å². The number of halogens is 3. The number of anilines is 1. The Morgan fingerprint density at radius 2 is 1.89 bits per heavy atom. The zero-order valence-electron chi connectivity index (χ0n) is 22.2. The van der Waals surface area contributed by atoms with Crippen molar-refractivity contribution < 1.29 is 27.9 Å². The van der Waals surface area contributed by atoms with Crippen LogP contribution in [-0.4, -0.2) is 74.0 Å². The van der Waals surface area contributed by atoms with Gasteiger partial charge in [-0.1, -0.05) is 0 Å². The Morgan fingerprint density at radius 1 is 1.24 bits per heavy atom. The third kappa shape index (κ3) is 6.98. The van der Waals surface area contributed by atoms with Crippen molar-refractivity contribution in [3.05, 3.63) is 28.5 Å². The molecule has 1 atom stereocenters. The zero-order valence-corrected chi connectivity index (χ0v) is 23.0. The van der Waals surface area contributed by atoms with Gasteiger partial charge in [-0.25, -0.2) is 9.97 Å². The third-order valence-electron chi connectivity index (χ3n) is 5.75. The number of pyridine rings is 1. The third-order valence-corrected chi connectivity index (χ3v) is 6.83. The first kappa shape index (κ1) is 28.8. The van der Waals surface area contributed by atoms with Crippen LogP contribution in [0.2, 0.25) is 0 Å². The fraction of sp³-hybridized carbons (Fsp3) is 0.600. The Morgan fingerprint density at radius 3 is 2.41 bits per heavy atom. The van der Waals surface area contributed by atoms with E-state index < -0.39 is 34.7 Å². The van der Waals surface area contributed by atoms with Crippen molar-refractivity contribution >= 4 is 29.0 Å². The fourth-order valence-electron chi connectivity index (χ4n) is 4.25. The minimum absolute atomic E-state index is 0.0320. The molecule has 0 bridgehead atoms. The number of thiazole rings is 1. The van der Waals surface area contributed by atoms with Crippen LogP contribution in [0, 0.1) is 0 Å². The molecule has 3 rings (SSSR count). The van der Waals surface area contributed by atoms with E-state index in [-0.39, 0.29) is 39.5 Å². The molecular weight excluding hydrogens is 507 g/mol. The summed E-state index contributed by atoms with van der Waals surface area (Å²) in [6.45, 7) is 10.8. The standard InChI is InChI=1S/C25H34F3N5O3S/c1-14-9-8-10-33(14)21(34)18-19(37-20(30-18)22(35)32(7)13-24(5,6)36)15-12-29-17(31-23(2,3)4)11-16(15)25(26,27)28/h11-12,14,36H,8-10,13H2,1-7H3,(H,29,31)/t14-/m0/s1. The molecule has 0 saturated carbocycles. The van der Waals surface area contributed by atoms with Crippen molar-refractivity contribution in [3.63, 3.8) is 0 Å². The SMILES string of the molecule is C[C@H]1CCCN1C(=O)c1nc(C(=O)N(C)CC(C)(C)O)sc1-c1cnc(NC(C)(C)C)cc1C(F)(F)F. The highest BCUT2D eigenvalue weighted by Gasteiger charge is 2.39. The van der Waals surface area contributed by atoms with Gasteiger partial charge in [-0.3, -0.25) is 9.59 Å². The second-order valence-electron chi connectivity index (χ2n) is 11.1. The predicted octanol–water partition coefficient (Wildman–Crippen LogP) is 4.90. The zero-order chi connectivity index (χ0) is 27.9. The minimum atomic E-state index is -4.75. The Bertz CT molecular complexity index is 1170. The summed E-state index contributed by atoms with van der Waals surface area (Å²) >= 11 is 0.721. The van der Waals surface area contributed by atoms with E-state index in [1.807, 2.05) is 6.92 Å². The van der Waals surface area contributed by atoms with E-state index in [0.29, 0.717) is 6.54 Å². The first-order valence-corrected chi connectivity index (χ1v) is 12.8. The number of carbonyl (C=O) groups excluding carboxylic acids is 2. The van der Waals surface area contributed by atoms with Crippen LogP contribution in [0.1, 0.15) is 80.2 Å². The van der Waals surface area contributed by atoms with E-state index in [9.17, 15) is 27.9 Å². The number of aromatic nitrogens is 2. The number of rotatable bonds is 6. The average molecular weight is 542 g/mol. The van der Waals surface area contributed by atoms with Gasteiger partial charge in [0.05, 0.1) is 16.0 Å². The predicted molar refractivity (Wildman–Crippen MR) is 137 cm³/mol. The molecule has 37 heavy (non-hydrogen) atoms. The molecule has 2 amide bonds. The number of likely N-dealkylation sites (tertiary alicyclic amines) is 1. The van der Waals surface area contributed by atoms with E-state index in [1.165, 1.54) is 25.8 Å². The molecule has 2 aromatic heterocycles. The minimum Gasteiger partial charge on any atom is -0.389 e. The quantitative estimate of drug-likeness (QED) is 0.540. The summed E-state index contributed by atoms with van der Waals surface area (Å²) in [6.07, 6.45) is -2.13. The van der Waals surface area contributed by atoms with Crippen LogP contribution in [0.25, 0.3) is 10.4 Å². The number of nitrogens with one attached hydrogen (secondary N) is 1. The lowest BCUT2D eigenvalue weighted by Gasteiger charge is -2.24. The molecule has 8 nitrogen and oxygen atoms in total. The monoisotopic (exact) mass is 541 g/mol. The number of hydrogen-bond acceptors (Lipinski definition) is 7. The molecule has 12 heteroatoms. The van der Waals surface area contributed by atoms with Gasteiger partial charge >= 0.3 is 6.18 Å². The second kappa shape index (κ2) is 10.2. The maximum atomic E-state index is 14.3. The lowest BCUT2D eigenvalue weighted by molar-refractivity contribution is -0.137. The highest BCUT2D eigenvalue weighted by atomic mass is 32.1. The van der Waals surface area contributed by atoms with Crippen molar-refractivity contribution in [3.8, 4) is 10.4 Å². The number of amides is 2. The van der Waals surface area contributed by atoms with Crippen LogP contribution in [0.15, 0.2) is 12.3 Å². The fourth-order valence-corrected chi connectivity index (χ4v) is 5.32. The lowest BCUT2D eigenvalue weighted by Crippen LogP contribution is -2.39. The number of alkyl halides is 3. The molecule has 1 aliphatic heterocycles. The topological polar surface area (TPSA) is 98.7 Å². The Kier molecular flexibility index (Phi) is 7.95. The Balaban J connectivity index is 2.17. The van der Waals surface area contributed by atoms with Crippen molar-refractivity contribution in [2.24, 2.45) is 0 Å². The number of likely N-dealkylation sites (N-methyl/N-ethyl adjacent to an activating group) is 1. The number of nitrogens with zero attached hydrogens (tertiary/aromatic N) is 4. The van der Waals surface area contributed by atoms with Crippen molar-refractivity contribution in [2.45, 2.75) is 77.7 Å². The normalized spacial score (nSPS) is 16.7. The number of hydrogen-bond donors (Lipinski definition) is 2. The molecule has 1 fully saturated rings. The highest BCUT2D eigenvalue weighted by molar-refractivity contribution is 7.17. The van der Waals surface area contributed by atoms with E-state index in [0.717, 1.165) is 36.4 Å². The molecule has 2 N–H and O–H groups in total. The van der Waals surface area contributed by atoms with Crippen LogP contribution in [-0.2, 0) is 6.18 Å². The Labute approximate surface area is 218 Å². The summed E-state index contributed by atoms with van der Waals surface area (Å²) < 4.78 is 42.8. The second-order valence-corrected chi connectivity index (χ2v) is 12.1. The molecule has 0 radical (unpaired) electrons. The highest BCUT2D eigenvalue weighted by Crippen LogP contribution is 2.42. The van der Waals surface area contributed by atoms with Gasteiger partial charge in [-0.2, -0.15) is 13.2 Å². The van der Waals surface area contributed by atoms with Crippen LogP contribution >= 0.6 is 11.3 Å². The van der Waals surface area contributed by atoms with Gasteiger partial charge in [0.2, 0.25) is 0 Å². The first-order chi connectivity index (χ1) is 16.9. The van der Waals surface area contributed by atoms with Crippen LogP contribution in [0.4, 0.5) is 19.0 Å². The lowest BCUT2D eigenvalue weighted by atomic mass is 10.1. The molecule has 0 unspecified atom stereocenters. The van der Waals surface area contributed by atoms with Gasteiger partial charge in [0.15, 0.2) is 5.01 Å². The molecule has 3 heterocycles. The van der Waals surface area contributed by atoms with E-state index in [1.54, 1.807) is 25.7 Å². The molecule has 2 aromatic rings. The van der Waals surface area contributed by atoms with Crippen LogP contribution < -0.4 is 5.32 Å². The molecule has 0 aromatic carbocycles. The molecule has 204 valence electrons.